The van der Waals surface area contributed by atoms with Crippen molar-refractivity contribution in [1.82, 2.24) is 5.32 Å². The Labute approximate surface area is 125 Å². The number of nitrogens with one attached hydrogen (secondary N) is 1. The van der Waals surface area contributed by atoms with E-state index in [1.165, 1.54) is 4.90 Å². The van der Waals surface area contributed by atoms with Gasteiger partial charge in [0.15, 0.2) is 0 Å². The van der Waals surface area contributed by atoms with Crippen LogP contribution >= 0.6 is 0 Å². The lowest BCUT2D eigenvalue weighted by Crippen LogP contribution is -2.50. The number of amides is 2. The number of rotatable bonds is 3. The molecular weight excluding hydrogens is 268 g/mol. The summed E-state index contributed by atoms with van der Waals surface area (Å²) < 4.78 is 0. The second-order valence-corrected chi connectivity index (χ2v) is 5.96. The van der Waals surface area contributed by atoms with Gasteiger partial charge in [-0.1, -0.05) is 24.6 Å². The standard InChI is InChI=1S/C16H22N2O3/c1-11-7-4-5-8-12(11)18(3)15(21)17-13-9-6-10-16(13,2)14(19)20/h4-5,7-8,13H,6,9-10H2,1-3H3,(H,17,21)(H,19,20). The van der Waals surface area contributed by atoms with Crippen molar-refractivity contribution in [2.45, 2.75) is 39.2 Å². The summed E-state index contributed by atoms with van der Waals surface area (Å²) in [4.78, 5) is 25.4. The number of benzene rings is 1. The summed E-state index contributed by atoms with van der Waals surface area (Å²) in [5.41, 5.74) is 0.954. The van der Waals surface area contributed by atoms with Crippen molar-refractivity contribution in [3.8, 4) is 0 Å². The third-order valence-corrected chi connectivity index (χ3v) is 4.53. The summed E-state index contributed by atoms with van der Waals surface area (Å²) in [7, 11) is 1.70. The largest absolute Gasteiger partial charge is 0.481 e. The smallest absolute Gasteiger partial charge is 0.321 e. The third-order valence-electron chi connectivity index (χ3n) is 4.53. The topological polar surface area (TPSA) is 69.6 Å². The van der Waals surface area contributed by atoms with Gasteiger partial charge in [0.1, 0.15) is 0 Å². The quantitative estimate of drug-likeness (QED) is 0.899. The zero-order valence-electron chi connectivity index (χ0n) is 12.7. The van der Waals surface area contributed by atoms with Crippen molar-refractivity contribution in [3.05, 3.63) is 29.8 Å². The molecule has 2 unspecified atom stereocenters. The number of urea groups is 1. The van der Waals surface area contributed by atoms with Crippen molar-refractivity contribution in [3.63, 3.8) is 0 Å². The highest BCUT2D eigenvalue weighted by atomic mass is 16.4. The van der Waals surface area contributed by atoms with Crippen LogP contribution in [0.3, 0.4) is 0 Å². The molecule has 0 radical (unpaired) electrons. The molecule has 0 aliphatic heterocycles. The Hall–Kier alpha value is -2.04. The van der Waals surface area contributed by atoms with Crippen LogP contribution in [0.2, 0.25) is 0 Å². The van der Waals surface area contributed by atoms with Crippen LogP contribution in [0.25, 0.3) is 0 Å². The van der Waals surface area contributed by atoms with E-state index in [0.29, 0.717) is 12.8 Å². The maximum Gasteiger partial charge on any atom is 0.321 e. The molecule has 1 aliphatic carbocycles. The van der Waals surface area contributed by atoms with E-state index in [0.717, 1.165) is 17.7 Å². The maximum absolute atomic E-state index is 12.4. The van der Waals surface area contributed by atoms with E-state index in [2.05, 4.69) is 5.32 Å². The van der Waals surface area contributed by atoms with Crippen LogP contribution in [0, 0.1) is 12.3 Å². The average Bonchev–Trinajstić information content (AvgIpc) is 2.81. The van der Waals surface area contributed by atoms with Crippen molar-refractivity contribution >= 4 is 17.7 Å². The highest BCUT2D eigenvalue weighted by Crippen LogP contribution is 2.38. The van der Waals surface area contributed by atoms with Gasteiger partial charge in [-0.25, -0.2) is 4.79 Å². The number of nitrogens with zero attached hydrogens (tertiary/aromatic N) is 1. The first kappa shape index (κ1) is 15.4. The molecule has 2 rings (SSSR count). The fourth-order valence-corrected chi connectivity index (χ4v) is 2.95. The molecule has 21 heavy (non-hydrogen) atoms. The summed E-state index contributed by atoms with van der Waals surface area (Å²) in [5, 5.41) is 12.3. The van der Waals surface area contributed by atoms with Gasteiger partial charge in [-0.05, 0) is 38.3 Å². The van der Waals surface area contributed by atoms with Crippen LogP contribution in [-0.4, -0.2) is 30.2 Å². The van der Waals surface area contributed by atoms with E-state index in [1.807, 2.05) is 31.2 Å². The number of carboxylic acid groups (broad SMARTS) is 1. The van der Waals surface area contributed by atoms with Crippen molar-refractivity contribution in [1.29, 1.82) is 0 Å². The number of para-hydroxylation sites is 1. The molecule has 2 amide bonds. The molecule has 0 heterocycles. The number of aryl methyl sites for hydroxylation is 1. The lowest BCUT2D eigenvalue weighted by atomic mass is 9.85. The van der Waals surface area contributed by atoms with Gasteiger partial charge >= 0.3 is 12.0 Å². The highest BCUT2D eigenvalue weighted by Gasteiger charge is 2.46. The van der Waals surface area contributed by atoms with Crippen LogP contribution in [-0.2, 0) is 4.79 Å². The Bertz CT molecular complexity index is 558. The van der Waals surface area contributed by atoms with Gasteiger partial charge in [0, 0.05) is 18.8 Å². The van der Waals surface area contributed by atoms with Gasteiger partial charge in [-0.15, -0.1) is 0 Å². The lowest BCUT2D eigenvalue weighted by Gasteiger charge is -2.30. The Morgan fingerprint density at radius 3 is 2.67 bits per heavy atom. The monoisotopic (exact) mass is 290 g/mol. The Balaban J connectivity index is 2.11. The summed E-state index contributed by atoms with van der Waals surface area (Å²) >= 11 is 0. The molecule has 0 spiro atoms. The number of hydrogen-bond acceptors (Lipinski definition) is 2. The number of aliphatic carboxylic acids is 1. The second kappa shape index (κ2) is 5.76. The number of anilines is 1. The Morgan fingerprint density at radius 2 is 2.05 bits per heavy atom. The van der Waals surface area contributed by atoms with Gasteiger partial charge in [0.05, 0.1) is 5.41 Å². The van der Waals surface area contributed by atoms with Gasteiger partial charge in [0.2, 0.25) is 0 Å². The molecule has 0 bridgehead atoms. The van der Waals surface area contributed by atoms with E-state index < -0.39 is 11.4 Å². The number of hydrogen-bond donors (Lipinski definition) is 2. The van der Waals surface area contributed by atoms with E-state index in [4.69, 9.17) is 0 Å². The molecule has 0 saturated heterocycles. The van der Waals surface area contributed by atoms with Gasteiger partial charge in [0.25, 0.3) is 0 Å². The zero-order valence-corrected chi connectivity index (χ0v) is 12.7. The minimum atomic E-state index is -0.873. The third kappa shape index (κ3) is 2.86. The average molecular weight is 290 g/mol. The SMILES string of the molecule is Cc1ccccc1N(C)C(=O)NC1CCCC1(C)C(=O)O. The molecule has 1 fully saturated rings. The van der Waals surface area contributed by atoms with Crippen LogP contribution in [0.4, 0.5) is 10.5 Å². The van der Waals surface area contributed by atoms with E-state index >= 15 is 0 Å². The van der Waals surface area contributed by atoms with Gasteiger partial charge in [-0.2, -0.15) is 0 Å². The summed E-state index contributed by atoms with van der Waals surface area (Å²) in [6.45, 7) is 3.65. The molecule has 2 N–H and O–H groups in total. The van der Waals surface area contributed by atoms with Crippen molar-refractivity contribution in [2.24, 2.45) is 5.41 Å². The molecule has 1 aromatic rings. The molecule has 5 heteroatoms. The summed E-state index contributed by atoms with van der Waals surface area (Å²) in [6.07, 6.45) is 2.12. The number of carbonyl (C=O) groups is 2. The van der Waals surface area contributed by atoms with E-state index in [-0.39, 0.29) is 12.1 Å². The molecule has 1 aromatic carbocycles. The normalized spacial score (nSPS) is 24.6. The highest BCUT2D eigenvalue weighted by molar-refractivity contribution is 5.93. The summed E-state index contributed by atoms with van der Waals surface area (Å²) in [5.74, 6) is -0.844. The molecule has 5 nitrogen and oxygen atoms in total. The molecule has 2 atom stereocenters. The van der Waals surface area contributed by atoms with Gasteiger partial charge in [-0.3, -0.25) is 9.69 Å². The fourth-order valence-electron chi connectivity index (χ4n) is 2.95. The minimum absolute atomic E-state index is 0.260. The first-order chi connectivity index (χ1) is 9.86. The zero-order chi connectivity index (χ0) is 15.6. The predicted octanol–water partition coefficient (Wildman–Crippen LogP) is 2.78. The lowest BCUT2D eigenvalue weighted by molar-refractivity contribution is -0.148. The maximum atomic E-state index is 12.4. The Kier molecular flexibility index (Phi) is 4.21. The molecule has 114 valence electrons. The van der Waals surface area contributed by atoms with Gasteiger partial charge < -0.3 is 10.4 Å². The minimum Gasteiger partial charge on any atom is -0.481 e. The molecular formula is C16H22N2O3. The molecule has 1 saturated carbocycles. The van der Waals surface area contributed by atoms with Crippen molar-refractivity contribution in [2.75, 3.05) is 11.9 Å². The Morgan fingerprint density at radius 1 is 1.38 bits per heavy atom. The summed E-state index contributed by atoms with van der Waals surface area (Å²) in [6, 6.07) is 7.03. The second-order valence-electron chi connectivity index (χ2n) is 5.96. The van der Waals surface area contributed by atoms with Crippen LogP contribution in [0.5, 0.6) is 0 Å². The first-order valence-electron chi connectivity index (χ1n) is 7.19. The van der Waals surface area contributed by atoms with Crippen LogP contribution in [0.15, 0.2) is 24.3 Å². The van der Waals surface area contributed by atoms with E-state index in [9.17, 15) is 14.7 Å². The van der Waals surface area contributed by atoms with Crippen LogP contribution in [0.1, 0.15) is 31.7 Å². The number of carboxylic acids is 1. The van der Waals surface area contributed by atoms with E-state index in [1.54, 1.807) is 14.0 Å². The van der Waals surface area contributed by atoms with Crippen molar-refractivity contribution < 1.29 is 14.7 Å². The number of carbonyl (C=O) groups excluding carboxylic acids is 1. The van der Waals surface area contributed by atoms with Crippen LogP contribution < -0.4 is 10.2 Å². The predicted molar refractivity (Wildman–Crippen MR) is 81.5 cm³/mol. The fraction of sp³-hybridized carbons (Fsp3) is 0.500. The first-order valence-corrected chi connectivity index (χ1v) is 7.19. The molecule has 0 aromatic heterocycles. The molecule has 1 aliphatic rings.